The number of hydrogen-bond donors (Lipinski definition) is 0. The van der Waals surface area contributed by atoms with Crippen molar-refractivity contribution >= 4 is 23.8 Å². The molecule has 4 heteroatoms. The Labute approximate surface area is 92.6 Å². The molecule has 1 aliphatic heterocycles. The number of rotatable bonds is 2. The highest BCUT2D eigenvalue weighted by Crippen LogP contribution is 2.28. The molecule has 0 radical (unpaired) electrons. The molecule has 78 valence electrons. The summed E-state index contributed by atoms with van der Waals surface area (Å²) >= 11 is 1.22. The Hall–Kier alpha value is -1.29. The zero-order valence-corrected chi connectivity index (χ0v) is 9.21. The first-order valence-corrected chi connectivity index (χ1v) is 5.54. The molecule has 1 fully saturated rings. The van der Waals surface area contributed by atoms with E-state index < -0.39 is 0 Å². The average Bonchev–Trinajstić information content (AvgIpc) is 2.50. The van der Waals surface area contributed by atoms with Crippen molar-refractivity contribution in [3.05, 3.63) is 29.8 Å². The third kappa shape index (κ3) is 2.21. The van der Waals surface area contributed by atoms with Gasteiger partial charge >= 0.3 is 0 Å². The van der Waals surface area contributed by atoms with Crippen LogP contribution in [0.2, 0.25) is 0 Å². The second kappa shape index (κ2) is 4.06. The van der Waals surface area contributed by atoms with E-state index in [1.54, 1.807) is 0 Å². The highest BCUT2D eigenvalue weighted by atomic mass is 32.2. The van der Waals surface area contributed by atoms with E-state index in [9.17, 15) is 9.59 Å². The first kappa shape index (κ1) is 10.2. The number of carbonyl (C=O) groups excluding carboxylic acids is 2. The molecule has 3 nitrogen and oxygen atoms in total. The van der Waals surface area contributed by atoms with E-state index >= 15 is 0 Å². The zero-order chi connectivity index (χ0) is 10.8. The molecule has 0 unspecified atom stereocenters. The van der Waals surface area contributed by atoms with E-state index in [2.05, 4.69) is 0 Å². The highest BCUT2D eigenvalue weighted by molar-refractivity contribution is 7.98. The number of hydrogen-bond acceptors (Lipinski definition) is 3. The summed E-state index contributed by atoms with van der Waals surface area (Å²) in [4.78, 5) is 23.6. The lowest BCUT2D eigenvalue weighted by Crippen LogP contribution is -2.20. The maximum absolute atomic E-state index is 11.4. The van der Waals surface area contributed by atoms with Gasteiger partial charge in [-0.1, -0.05) is 12.1 Å². The van der Waals surface area contributed by atoms with E-state index in [0.29, 0.717) is 12.8 Å². The summed E-state index contributed by atoms with van der Waals surface area (Å²) in [5.74, 6) is -0.182. The van der Waals surface area contributed by atoms with Crippen molar-refractivity contribution in [1.29, 1.82) is 0 Å². The Kier molecular flexibility index (Phi) is 2.77. The van der Waals surface area contributed by atoms with Crippen LogP contribution in [0.15, 0.2) is 29.2 Å². The van der Waals surface area contributed by atoms with Gasteiger partial charge < -0.3 is 0 Å². The van der Waals surface area contributed by atoms with Crippen molar-refractivity contribution in [2.75, 3.05) is 0 Å². The topological polar surface area (TPSA) is 37.4 Å². The zero-order valence-electron chi connectivity index (χ0n) is 8.40. The van der Waals surface area contributed by atoms with Crippen LogP contribution in [-0.2, 0) is 9.59 Å². The molecule has 0 atom stereocenters. The van der Waals surface area contributed by atoms with Crippen LogP contribution in [0, 0.1) is 6.92 Å². The average molecular weight is 221 g/mol. The number of amides is 2. The molecule has 1 heterocycles. The van der Waals surface area contributed by atoms with Crippen molar-refractivity contribution in [2.45, 2.75) is 24.7 Å². The van der Waals surface area contributed by atoms with Crippen molar-refractivity contribution in [1.82, 2.24) is 4.31 Å². The standard InChI is InChI=1S/C11H11NO2S/c1-8-3-2-4-9(7-8)15-12-10(13)5-6-11(12)14/h2-4,7H,5-6H2,1H3. The quantitative estimate of drug-likeness (QED) is 0.567. The molecule has 1 saturated heterocycles. The summed E-state index contributed by atoms with van der Waals surface area (Å²) in [5.41, 5.74) is 1.12. The third-order valence-corrected chi connectivity index (χ3v) is 3.25. The van der Waals surface area contributed by atoms with Gasteiger partial charge in [0.2, 0.25) is 11.8 Å². The van der Waals surface area contributed by atoms with Gasteiger partial charge in [-0.05, 0) is 36.6 Å². The van der Waals surface area contributed by atoms with E-state index in [4.69, 9.17) is 0 Å². The van der Waals surface area contributed by atoms with E-state index in [1.807, 2.05) is 31.2 Å². The fourth-order valence-electron chi connectivity index (χ4n) is 1.44. The van der Waals surface area contributed by atoms with Gasteiger partial charge in [0.05, 0.1) is 0 Å². The Balaban J connectivity index is 2.15. The van der Waals surface area contributed by atoms with Crippen LogP contribution in [-0.4, -0.2) is 16.1 Å². The summed E-state index contributed by atoms with van der Waals surface area (Å²) < 4.78 is 1.26. The Morgan fingerprint density at radius 1 is 1.20 bits per heavy atom. The van der Waals surface area contributed by atoms with Gasteiger partial charge in [-0.15, -0.1) is 0 Å². The molecule has 0 saturated carbocycles. The molecular formula is C11H11NO2S. The van der Waals surface area contributed by atoms with Crippen LogP contribution in [0.5, 0.6) is 0 Å². The Morgan fingerprint density at radius 2 is 1.87 bits per heavy atom. The summed E-state index contributed by atoms with van der Waals surface area (Å²) in [6.45, 7) is 1.98. The lowest BCUT2D eigenvalue weighted by molar-refractivity contribution is -0.131. The normalized spacial score (nSPS) is 16.2. The van der Waals surface area contributed by atoms with Gasteiger partial charge in [-0.25, -0.2) is 4.31 Å². The molecule has 1 aromatic carbocycles. The third-order valence-electron chi connectivity index (χ3n) is 2.19. The molecule has 0 N–H and O–H groups in total. The molecule has 0 aliphatic carbocycles. The highest BCUT2D eigenvalue weighted by Gasteiger charge is 2.29. The van der Waals surface area contributed by atoms with E-state index in [0.717, 1.165) is 10.5 Å². The van der Waals surface area contributed by atoms with Crippen LogP contribution in [0.25, 0.3) is 0 Å². The maximum Gasteiger partial charge on any atom is 0.240 e. The first-order chi connectivity index (χ1) is 7.16. The number of carbonyl (C=O) groups is 2. The molecule has 2 amide bonds. The van der Waals surface area contributed by atoms with E-state index in [-0.39, 0.29) is 11.8 Å². The number of imide groups is 1. The van der Waals surface area contributed by atoms with Gasteiger partial charge in [0.25, 0.3) is 0 Å². The maximum atomic E-state index is 11.4. The summed E-state index contributed by atoms with van der Waals surface area (Å²) in [6.07, 6.45) is 0.690. The van der Waals surface area contributed by atoms with Crippen LogP contribution >= 0.6 is 11.9 Å². The summed E-state index contributed by atoms with van der Waals surface area (Å²) in [5, 5.41) is 0. The molecule has 2 rings (SSSR count). The number of nitrogens with zero attached hydrogens (tertiary/aromatic N) is 1. The lowest BCUT2D eigenvalue weighted by atomic mass is 10.2. The van der Waals surface area contributed by atoms with Crippen LogP contribution in [0.1, 0.15) is 18.4 Å². The van der Waals surface area contributed by atoms with Gasteiger partial charge in [-0.2, -0.15) is 0 Å². The minimum Gasteiger partial charge on any atom is -0.273 e. The van der Waals surface area contributed by atoms with Crippen molar-refractivity contribution in [2.24, 2.45) is 0 Å². The minimum absolute atomic E-state index is 0.0912. The van der Waals surface area contributed by atoms with Gasteiger partial charge in [0, 0.05) is 17.7 Å². The second-order valence-electron chi connectivity index (χ2n) is 3.49. The predicted molar refractivity (Wildman–Crippen MR) is 58.1 cm³/mol. The largest absolute Gasteiger partial charge is 0.273 e. The van der Waals surface area contributed by atoms with Gasteiger partial charge in [0.15, 0.2) is 0 Å². The smallest absolute Gasteiger partial charge is 0.240 e. The summed E-state index contributed by atoms with van der Waals surface area (Å²) in [6, 6.07) is 7.76. The van der Waals surface area contributed by atoms with Crippen molar-refractivity contribution in [3.8, 4) is 0 Å². The molecule has 0 bridgehead atoms. The molecule has 0 spiro atoms. The second-order valence-corrected chi connectivity index (χ2v) is 4.51. The van der Waals surface area contributed by atoms with Crippen molar-refractivity contribution < 1.29 is 9.59 Å². The minimum atomic E-state index is -0.0912. The Bertz CT molecular complexity index is 401. The molecular weight excluding hydrogens is 210 g/mol. The van der Waals surface area contributed by atoms with Crippen LogP contribution < -0.4 is 0 Å². The van der Waals surface area contributed by atoms with Crippen LogP contribution in [0.4, 0.5) is 0 Å². The van der Waals surface area contributed by atoms with Gasteiger partial charge in [0.1, 0.15) is 0 Å². The number of aryl methyl sites for hydroxylation is 1. The Morgan fingerprint density at radius 3 is 2.47 bits per heavy atom. The molecule has 1 aromatic rings. The number of benzene rings is 1. The monoisotopic (exact) mass is 221 g/mol. The van der Waals surface area contributed by atoms with Crippen LogP contribution in [0.3, 0.4) is 0 Å². The fourth-order valence-corrected chi connectivity index (χ4v) is 2.41. The van der Waals surface area contributed by atoms with Crippen molar-refractivity contribution in [3.63, 3.8) is 0 Å². The van der Waals surface area contributed by atoms with Gasteiger partial charge in [-0.3, -0.25) is 9.59 Å². The fraction of sp³-hybridized carbons (Fsp3) is 0.273. The first-order valence-electron chi connectivity index (χ1n) is 4.77. The molecule has 15 heavy (non-hydrogen) atoms. The molecule has 0 aromatic heterocycles. The molecule has 1 aliphatic rings. The lowest BCUT2D eigenvalue weighted by Gasteiger charge is -2.11. The van der Waals surface area contributed by atoms with E-state index in [1.165, 1.54) is 16.3 Å². The SMILES string of the molecule is Cc1cccc(SN2C(=O)CCC2=O)c1. The summed E-state index contributed by atoms with van der Waals surface area (Å²) in [7, 11) is 0. The predicted octanol–water partition coefficient (Wildman–Crippen LogP) is 2.15.